The highest BCUT2D eigenvalue weighted by atomic mass is 19.1. The van der Waals surface area contributed by atoms with E-state index in [1.807, 2.05) is 45.3 Å². The van der Waals surface area contributed by atoms with Gasteiger partial charge in [0, 0.05) is 35.6 Å². The number of pyridine rings is 1. The molecule has 0 saturated heterocycles. The lowest BCUT2D eigenvalue weighted by Crippen LogP contribution is -2.18. The predicted molar refractivity (Wildman–Crippen MR) is 162 cm³/mol. The number of nitrogens with one attached hydrogen (secondary N) is 2. The van der Waals surface area contributed by atoms with Crippen LogP contribution in [0.2, 0.25) is 0 Å². The minimum Gasteiger partial charge on any atom is -0.382 e. The van der Waals surface area contributed by atoms with Crippen molar-refractivity contribution in [1.82, 2.24) is 25.2 Å². The number of nitrogens with zero attached hydrogens (tertiary/aromatic N) is 5. The first-order chi connectivity index (χ1) is 19.7. The second-order valence-electron chi connectivity index (χ2n) is 10.2. The van der Waals surface area contributed by atoms with Gasteiger partial charge in [-0.15, -0.1) is 0 Å². The molecule has 0 amide bonds. The summed E-state index contributed by atoms with van der Waals surface area (Å²) in [5.41, 5.74) is 12.3. The molecule has 0 saturated carbocycles. The van der Waals surface area contributed by atoms with Crippen LogP contribution in [0.3, 0.4) is 0 Å². The zero-order valence-electron chi connectivity index (χ0n) is 23.7. The van der Waals surface area contributed by atoms with E-state index in [2.05, 4.69) is 38.1 Å². The van der Waals surface area contributed by atoms with Crippen molar-refractivity contribution in [3.63, 3.8) is 0 Å². The largest absolute Gasteiger partial charge is 0.382 e. The van der Waals surface area contributed by atoms with Crippen LogP contribution in [0.5, 0.6) is 0 Å². The van der Waals surface area contributed by atoms with E-state index in [-0.39, 0.29) is 11.9 Å². The number of benzene rings is 2. The molecular weight excluding hydrogens is 515 g/mol. The number of nitrogens with two attached hydrogens (primary N) is 1. The molecule has 1 atom stereocenters. The number of anilines is 2. The fourth-order valence-corrected chi connectivity index (χ4v) is 4.37. The number of nitriles is 1. The highest BCUT2D eigenvalue weighted by Gasteiger charge is 2.14. The Kier molecular flexibility index (Phi) is 9.61. The van der Waals surface area contributed by atoms with Gasteiger partial charge in [-0.3, -0.25) is 0 Å². The van der Waals surface area contributed by atoms with Crippen LogP contribution in [0.1, 0.15) is 47.3 Å². The molecule has 0 radical (unpaired) electrons. The standard InChI is InChI=1S/C32H35FN8/c1-21(25-11-13-27(33)14-12-25)39-22(2)28-16-24(17-34)19-38-32(28)37-18-23-7-9-26(10-8-23)30-20-36-31(35)29(40-30)6-5-15-41(3)4/h7-14,16,19-21,39H,2,5-6,15,18H2,1,3-4H3,(H2,35,36)(H,37,38). The van der Waals surface area contributed by atoms with E-state index in [1.165, 1.54) is 18.3 Å². The molecule has 0 aliphatic rings. The molecule has 0 spiro atoms. The Morgan fingerprint density at radius 1 is 1.10 bits per heavy atom. The molecule has 1 unspecified atom stereocenters. The molecule has 0 aliphatic heterocycles. The van der Waals surface area contributed by atoms with Gasteiger partial charge < -0.3 is 21.3 Å². The topological polar surface area (TPSA) is 116 Å². The fraction of sp³-hybridized carbons (Fsp3) is 0.250. The van der Waals surface area contributed by atoms with E-state index in [1.54, 1.807) is 24.4 Å². The van der Waals surface area contributed by atoms with Crippen molar-refractivity contribution in [2.75, 3.05) is 31.7 Å². The lowest BCUT2D eigenvalue weighted by molar-refractivity contribution is 0.399. The van der Waals surface area contributed by atoms with Crippen molar-refractivity contribution in [3.8, 4) is 17.3 Å². The summed E-state index contributed by atoms with van der Waals surface area (Å²) in [6.07, 6.45) is 4.96. The van der Waals surface area contributed by atoms with E-state index in [4.69, 9.17) is 10.7 Å². The van der Waals surface area contributed by atoms with Crippen LogP contribution >= 0.6 is 0 Å². The molecule has 0 fully saturated rings. The Morgan fingerprint density at radius 3 is 2.51 bits per heavy atom. The van der Waals surface area contributed by atoms with Crippen LogP contribution in [0.4, 0.5) is 16.0 Å². The molecule has 2 heterocycles. The van der Waals surface area contributed by atoms with Gasteiger partial charge in [0.25, 0.3) is 0 Å². The van der Waals surface area contributed by atoms with Gasteiger partial charge in [0.2, 0.25) is 0 Å². The number of aryl methyl sites for hydroxylation is 1. The van der Waals surface area contributed by atoms with Crippen LogP contribution in [-0.2, 0) is 13.0 Å². The molecule has 0 bridgehead atoms. The molecule has 0 aliphatic carbocycles. The molecule has 41 heavy (non-hydrogen) atoms. The van der Waals surface area contributed by atoms with Crippen LogP contribution < -0.4 is 16.4 Å². The number of nitrogen functional groups attached to an aromatic ring is 1. The first-order valence-corrected chi connectivity index (χ1v) is 13.4. The lowest BCUT2D eigenvalue weighted by atomic mass is 10.1. The molecule has 9 heteroatoms. The van der Waals surface area contributed by atoms with Crippen LogP contribution in [-0.4, -0.2) is 40.5 Å². The lowest BCUT2D eigenvalue weighted by Gasteiger charge is -2.20. The third-order valence-electron chi connectivity index (χ3n) is 6.71. The van der Waals surface area contributed by atoms with Crippen molar-refractivity contribution in [2.45, 2.75) is 32.4 Å². The number of hydrogen-bond acceptors (Lipinski definition) is 8. The Morgan fingerprint density at radius 2 is 1.83 bits per heavy atom. The number of hydrogen-bond donors (Lipinski definition) is 3. The van der Waals surface area contributed by atoms with Gasteiger partial charge in [-0.25, -0.2) is 19.3 Å². The van der Waals surface area contributed by atoms with Crippen LogP contribution in [0.25, 0.3) is 17.0 Å². The van der Waals surface area contributed by atoms with Gasteiger partial charge in [-0.05, 0) is 69.7 Å². The summed E-state index contributed by atoms with van der Waals surface area (Å²) in [5, 5.41) is 16.1. The number of halogens is 1. The molecule has 2 aromatic carbocycles. The molecule has 8 nitrogen and oxygen atoms in total. The first kappa shape index (κ1) is 29.2. The highest BCUT2D eigenvalue weighted by Crippen LogP contribution is 2.25. The number of rotatable bonds is 12. The van der Waals surface area contributed by atoms with E-state index < -0.39 is 0 Å². The van der Waals surface area contributed by atoms with Gasteiger partial charge in [-0.1, -0.05) is 43.0 Å². The summed E-state index contributed by atoms with van der Waals surface area (Å²) >= 11 is 0. The van der Waals surface area contributed by atoms with Crippen molar-refractivity contribution in [3.05, 3.63) is 107 Å². The molecule has 4 aromatic rings. The SMILES string of the molecule is C=C(NC(C)c1ccc(F)cc1)c1cc(C#N)cnc1NCc1ccc(-c2cnc(N)c(CCCN(C)C)n2)cc1. The molecule has 4 N–H and O–H groups in total. The minimum absolute atomic E-state index is 0.126. The maximum atomic E-state index is 13.3. The zero-order chi connectivity index (χ0) is 29.4. The van der Waals surface area contributed by atoms with Crippen molar-refractivity contribution < 1.29 is 4.39 Å². The predicted octanol–water partition coefficient (Wildman–Crippen LogP) is 5.56. The van der Waals surface area contributed by atoms with Crippen molar-refractivity contribution >= 4 is 17.3 Å². The summed E-state index contributed by atoms with van der Waals surface area (Å²) in [6.45, 7) is 7.62. The second kappa shape index (κ2) is 13.5. The third-order valence-corrected chi connectivity index (χ3v) is 6.71. The van der Waals surface area contributed by atoms with Crippen LogP contribution in [0.15, 0.2) is 73.6 Å². The van der Waals surface area contributed by atoms with E-state index in [0.29, 0.717) is 35.0 Å². The monoisotopic (exact) mass is 550 g/mol. The van der Waals surface area contributed by atoms with Gasteiger partial charge in [0.15, 0.2) is 0 Å². The Balaban J connectivity index is 1.44. The quantitative estimate of drug-likeness (QED) is 0.210. The Bertz CT molecular complexity index is 1530. The molecule has 4 rings (SSSR count). The van der Waals surface area contributed by atoms with E-state index in [0.717, 1.165) is 47.5 Å². The summed E-state index contributed by atoms with van der Waals surface area (Å²) in [4.78, 5) is 15.7. The molecule has 210 valence electrons. The highest BCUT2D eigenvalue weighted by molar-refractivity contribution is 5.73. The summed E-state index contributed by atoms with van der Waals surface area (Å²) in [7, 11) is 4.09. The van der Waals surface area contributed by atoms with Crippen LogP contribution in [0, 0.1) is 17.1 Å². The van der Waals surface area contributed by atoms with Gasteiger partial charge in [-0.2, -0.15) is 5.26 Å². The maximum absolute atomic E-state index is 13.3. The van der Waals surface area contributed by atoms with E-state index >= 15 is 0 Å². The molecule has 2 aromatic heterocycles. The molecular formula is C32H35FN8. The van der Waals surface area contributed by atoms with Gasteiger partial charge in [0.1, 0.15) is 23.5 Å². The van der Waals surface area contributed by atoms with Crippen molar-refractivity contribution in [2.24, 2.45) is 0 Å². The van der Waals surface area contributed by atoms with Crippen molar-refractivity contribution in [1.29, 1.82) is 5.26 Å². The smallest absolute Gasteiger partial charge is 0.145 e. The Labute approximate surface area is 240 Å². The van der Waals surface area contributed by atoms with Gasteiger partial charge in [0.05, 0.1) is 23.1 Å². The summed E-state index contributed by atoms with van der Waals surface area (Å²) in [5.74, 6) is 0.790. The number of aromatic nitrogens is 3. The second-order valence-corrected chi connectivity index (χ2v) is 10.2. The Hall–Kier alpha value is -4.81. The first-order valence-electron chi connectivity index (χ1n) is 13.4. The summed E-state index contributed by atoms with van der Waals surface area (Å²) in [6, 6.07) is 18.2. The summed E-state index contributed by atoms with van der Waals surface area (Å²) < 4.78 is 13.3. The average Bonchev–Trinajstić information content (AvgIpc) is 2.97. The fourth-order valence-electron chi connectivity index (χ4n) is 4.37. The average molecular weight is 551 g/mol. The van der Waals surface area contributed by atoms with Gasteiger partial charge >= 0.3 is 0 Å². The minimum atomic E-state index is -0.285. The normalized spacial score (nSPS) is 11.6. The third kappa shape index (κ3) is 7.87. The zero-order valence-corrected chi connectivity index (χ0v) is 23.7. The maximum Gasteiger partial charge on any atom is 0.145 e. The van der Waals surface area contributed by atoms with E-state index in [9.17, 15) is 9.65 Å².